The summed E-state index contributed by atoms with van der Waals surface area (Å²) in [7, 11) is 3.89. The van der Waals surface area contributed by atoms with Crippen LogP contribution in [0, 0.1) is 5.92 Å². The van der Waals surface area contributed by atoms with E-state index in [1.54, 1.807) is 11.3 Å². The minimum absolute atomic E-state index is 0.406. The van der Waals surface area contributed by atoms with Gasteiger partial charge in [-0.25, -0.2) is 0 Å². The Labute approximate surface area is 102 Å². The van der Waals surface area contributed by atoms with E-state index in [9.17, 15) is 0 Å². The summed E-state index contributed by atoms with van der Waals surface area (Å²) >= 11 is 1.78. The third kappa shape index (κ3) is 3.06. The number of hydrogen-bond donors (Lipinski definition) is 1. The highest BCUT2D eigenvalue weighted by atomic mass is 32.1. The molecule has 2 nitrogen and oxygen atoms in total. The van der Waals surface area contributed by atoms with Gasteiger partial charge >= 0.3 is 0 Å². The van der Waals surface area contributed by atoms with Gasteiger partial charge in [-0.05, 0) is 61.0 Å². The second kappa shape index (κ2) is 5.80. The SMILES string of the molecule is CNC(CCc1ccsc1)C(OC)C1CC1. The van der Waals surface area contributed by atoms with E-state index in [1.807, 2.05) is 14.2 Å². The van der Waals surface area contributed by atoms with E-state index in [-0.39, 0.29) is 0 Å². The van der Waals surface area contributed by atoms with Crippen molar-refractivity contribution < 1.29 is 4.74 Å². The first-order chi connectivity index (χ1) is 7.85. The van der Waals surface area contributed by atoms with Crippen LogP contribution in [0.25, 0.3) is 0 Å². The van der Waals surface area contributed by atoms with Crippen molar-refractivity contribution in [1.29, 1.82) is 0 Å². The number of methoxy groups -OCH3 is 1. The van der Waals surface area contributed by atoms with Crippen LogP contribution in [0.1, 0.15) is 24.8 Å². The molecule has 2 atom stereocenters. The molecular weight excluding hydrogens is 218 g/mol. The van der Waals surface area contributed by atoms with Gasteiger partial charge in [0.1, 0.15) is 0 Å². The van der Waals surface area contributed by atoms with Crippen LogP contribution < -0.4 is 5.32 Å². The lowest BCUT2D eigenvalue weighted by molar-refractivity contribution is 0.0509. The third-order valence-electron chi connectivity index (χ3n) is 3.45. The molecule has 1 fully saturated rings. The molecule has 1 aliphatic rings. The van der Waals surface area contributed by atoms with Gasteiger partial charge < -0.3 is 10.1 Å². The maximum absolute atomic E-state index is 5.64. The Hall–Kier alpha value is -0.380. The van der Waals surface area contributed by atoms with Crippen LogP contribution in [0.15, 0.2) is 16.8 Å². The number of ether oxygens (including phenoxy) is 1. The van der Waals surface area contributed by atoms with Gasteiger partial charge in [-0.15, -0.1) is 0 Å². The van der Waals surface area contributed by atoms with Gasteiger partial charge in [0.05, 0.1) is 6.10 Å². The lowest BCUT2D eigenvalue weighted by atomic mass is 9.99. The fraction of sp³-hybridized carbons (Fsp3) is 0.692. The summed E-state index contributed by atoms with van der Waals surface area (Å²) in [4.78, 5) is 0. The molecule has 3 heteroatoms. The van der Waals surface area contributed by atoms with Crippen molar-refractivity contribution >= 4 is 11.3 Å². The monoisotopic (exact) mass is 239 g/mol. The second-order valence-electron chi connectivity index (χ2n) is 4.60. The van der Waals surface area contributed by atoms with Crippen molar-refractivity contribution in [3.8, 4) is 0 Å². The summed E-state index contributed by atoms with van der Waals surface area (Å²) in [6.45, 7) is 0. The Morgan fingerprint density at radius 3 is 2.88 bits per heavy atom. The molecule has 1 heterocycles. The van der Waals surface area contributed by atoms with E-state index in [1.165, 1.54) is 24.8 Å². The minimum atomic E-state index is 0.406. The summed E-state index contributed by atoms with van der Waals surface area (Å²) in [5.41, 5.74) is 1.45. The normalized spacial score (nSPS) is 19.6. The highest BCUT2D eigenvalue weighted by molar-refractivity contribution is 7.07. The van der Waals surface area contributed by atoms with Gasteiger partial charge in [0.15, 0.2) is 0 Å². The number of nitrogens with one attached hydrogen (secondary N) is 1. The highest BCUT2D eigenvalue weighted by Crippen LogP contribution is 2.36. The van der Waals surface area contributed by atoms with Crippen LogP contribution in [0.5, 0.6) is 0 Å². The molecule has 0 bridgehead atoms. The Morgan fingerprint density at radius 1 is 1.56 bits per heavy atom. The van der Waals surface area contributed by atoms with Crippen molar-refractivity contribution in [2.45, 2.75) is 37.8 Å². The van der Waals surface area contributed by atoms with Gasteiger partial charge in [0.2, 0.25) is 0 Å². The van der Waals surface area contributed by atoms with Crippen molar-refractivity contribution in [1.82, 2.24) is 5.32 Å². The zero-order valence-electron chi connectivity index (χ0n) is 10.1. The quantitative estimate of drug-likeness (QED) is 0.790. The lowest BCUT2D eigenvalue weighted by Gasteiger charge is -2.25. The standard InChI is InChI=1S/C13H21NOS/c1-14-12(13(15-2)11-4-5-11)6-3-10-7-8-16-9-10/h7-9,11-14H,3-6H2,1-2H3. The largest absolute Gasteiger partial charge is 0.380 e. The Balaban J connectivity index is 1.84. The molecule has 1 aliphatic carbocycles. The zero-order valence-corrected chi connectivity index (χ0v) is 10.9. The molecule has 1 aromatic rings. The molecule has 1 saturated carbocycles. The molecule has 2 rings (SSSR count). The Bertz CT molecular complexity index is 295. The van der Waals surface area contributed by atoms with Crippen molar-refractivity contribution in [2.24, 2.45) is 5.92 Å². The van der Waals surface area contributed by atoms with E-state index in [0.29, 0.717) is 12.1 Å². The summed E-state index contributed by atoms with van der Waals surface area (Å²) in [6, 6.07) is 2.72. The van der Waals surface area contributed by atoms with Crippen LogP contribution in [0.2, 0.25) is 0 Å². The molecule has 1 N–H and O–H groups in total. The summed E-state index contributed by atoms with van der Waals surface area (Å²) in [5, 5.41) is 7.81. The van der Waals surface area contributed by atoms with Gasteiger partial charge in [0.25, 0.3) is 0 Å². The maximum atomic E-state index is 5.64. The van der Waals surface area contributed by atoms with E-state index in [4.69, 9.17) is 4.74 Å². The zero-order chi connectivity index (χ0) is 11.4. The fourth-order valence-electron chi connectivity index (χ4n) is 2.34. The molecule has 0 aliphatic heterocycles. The predicted molar refractivity (Wildman–Crippen MR) is 69.0 cm³/mol. The van der Waals surface area contributed by atoms with Crippen LogP contribution in [0.4, 0.5) is 0 Å². The van der Waals surface area contributed by atoms with E-state index in [2.05, 4.69) is 22.1 Å². The number of likely N-dealkylation sites (N-methyl/N-ethyl adjacent to an activating group) is 1. The van der Waals surface area contributed by atoms with Crippen LogP contribution in [-0.4, -0.2) is 26.3 Å². The first kappa shape index (κ1) is 12.1. The number of thiophene rings is 1. The third-order valence-corrected chi connectivity index (χ3v) is 4.18. The van der Waals surface area contributed by atoms with Gasteiger partial charge in [-0.1, -0.05) is 0 Å². The molecular formula is C13H21NOS. The lowest BCUT2D eigenvalue weighted by Crippen LogP contribution is -2.40. The molecule has 0 radical (unpaired) electrons. The average molecular weight is 239 g/mol. The predicted octanol–water partition coefficient (Wildman–Crippen LogP) is 2.69. The van der Waals surface area contributed by atoms with Crippen LogP contribution in [-0.2, 0) is 11.2 Å². The fourth-order valence-corrected chi connectivity index (χ4v) is 3.04. The molecule has 0 spiro atoms. The number of rotatable bonds is 7. The van der Waals surface area contributed by atoms with Gasteiger partial charge in [-0.2, -0.15) is 11.3 Å². The highest BCUT2D eigenvalue weighted by Gasteiger charge is 2.35. The molecule has 90 valence electrons. The minimum Gasteiger partial charge on any atom is -0.380 e. The van der Waals surface area contributed by atoms with E-state index >= 15 is 0 Å². The summed E-state index contributed by atoms with van der Waals surface area (Å²) in [6.07, 6.45) is 5.41. The average Bonchev–Trinajstić information content (AvgIpc) is 3.00. The van der Waals surface area contributed by atoms with Gasteiger partial charge in [-0.3, -0.25) is 0 Å². The maximum Gasteiger partial charge on any atom is 0.0752 e. The smallest absolute Gasteiger partial charge is 0.0752 e. The Kier molecular flexibility index (Phi) is 4.38. The van der Waals surface area contributed by atoms with E-state index in [0.717, 1.165) is 12.3 Å². The molecule has 0 aromatic carbocycles. The molecule has 16 heavy (non-hydrogen) atoms. The summed E-state index contributed by atoms with van der Waals surface area (Å²) < 4.78 is 5.64. The first-order valence-electron chi connectivity index (χ1n) is 6.06. The molecule has 0 saturated heterocycles. The van der Waals surface area contributed by atoms with Crippen LogP contribution >= 0.6 is 11.3 Å². The van der Waals surface area contributed by atoms with Crippen molar-refractivity contribution in [3.63, 3.8) is 0 Å². The number of hydrogen-bond acceptors (Lipinski definition) is 3. The number of aryl methyl sites for hydroxylation is 1. The van der Waals surface area contributed by atoms with Crippen molar-refractivity contribution in [3.05, 3.63) is 22.4 Å². The Morgan fingerprint density at radius 2 is 2.38 bits per heavy atom. The molecule has 2 unspecified atom stereocenters. The molecule has 0 amide bonds. The second-order valence-corrected chi connectivity index (χ2v) is 5.38. The van der Waals surface area contributed by atoms with Crippen LogP contribution in [0.3, 0.4) is 0 Å². The van der Waals surface area contributed by atoms with Crippen molar-refractivity contribution in [2.75, 3.05) is 14.2 Å². The molecule has 1 aromatic heterocycles. The topological polar surface area (TPSA) is 21.3 Å². The van der Waals surface area contributed by atoms with E-state index < -0.39 is 0 Å². The van der Waals surface area contributed by atoms with Gasteiger partial charge in [0, 0.05) is 13.2 Å². The first-order valence-corrected chi connectivity index (χ1v) is 7.00. The summed E-state index contributed by atoms with van der Waals surface area (Å²) in [5.74, 6) is 0.796.